The van der Waals surface area contributed by atoms with E-state index >= 15 is 0 Å². The highest BCUT2D eigenvalue weighted by Gasteiger charge is 2.14. The molecule has 0 aliphatic carbocycles. The normalized spacial score (nSPS) is 14.7. The minimum Gasteiger partial charge on any atom is -0.356 e. The molecule has 0 atom stereocenters. The maximum absolute atomic E-state index is 12.3. The Balaban J connectivity index is 1.30. The summed E-state index contributed by atoms with van der Waals surface area (Å²) in [7, 11) is 0. The van der Waals surface area contributed by atoms with Crippen LogP contribution >= 0.6 is 22.9 Å². The number of likely N-dealkylation sites (tertiary alicyclic amines) is 1. The monoisotopic (exact) mass is 463 g/mol. The SMILES string of the molecule is O=C(CCCc1nnc(C(=O)Nc2cccc(Cl)c2)s1)NCCCN1CCCCCC1. The quantitative estimate of drug-likeness (QED) is 0.517. The van der Waals surface area contributed by atoms with Crippen molar-refractivity contribution >= 4 is 40.4 Å². The lowest BCUT2D eigenvalue weighted by atomic mass is 10.2. The lowest BCUT2D eigenvalue weighted by molar-refractivity contribution is -0.121. The molecule has 0 unspecified atom stereocenters. The second-order valence-corrected chi connectivity index (χ2v) is 9.28. The first-order valence-electron chi connectivity index (χ1n) is 11.0. The van der Waals surface area contributed by atoms with Gasteiger partial charge in [0.25, 0.3) is 5.91 Å². The first kappa shape index (κ1) is 23.6. The zero-order valence-corrected chi connectivity index (χ0v) is 19.3. The van der Waals surface area contributed by atoms with Gasteiger partial charge in [0.1, 0.15) is 5.01 Å². The number of nitrogens with one attached hydrogen (secondary N) is 2. The molecule has 31 heavy (non-hydrogen) atoms. The van der Waals surface area contributed by atoms with Crippen LogP contribution in [0.1, 0.15) is 59.8 Å². The molecule has 1 aromatic heterocycles. The van der Waals surface area contributed by atoms with Gasteiger partial charge in [-0.3, -0.25) is 9.59 Å². The summed E-state index contributed by atoms with van der Waals surface area (Å²) in [5.41, 5.74) is 0.613. The van der Waals surface area contributed by atoms with Gasteiger partial charge in [-0.1, -0.05) is 41.8 Å². The van der Waals surface area contributed by atoms with Crippen LogP contribution in [0.4, 0.5) is 5.69 Å². The molecule has 1 aliphatic rings. The third-order valence-electron chi connectivity index (χ3n) is 5.21. The fourth-order valence-corrected chi connectivity index (χ4v) is 4.54. The zero-order chi connectivity index (χ0) is 21.9. The number of carbonyl (C=O) groups excluding carboxylic acids is 2. The van der Waals surface area contributed by atoms with Crippen LogP contribution in [-0.2, 0) is 11.2 Å². The Morgan fingerprint density at radius 1 is 1.10 bits per heavy atom. The number of rotatable bonds is 10. The molecule has 3 rings (SSSR count). The third kappa shape index (κ3) is 8.55. The average Bonchev–Trinajstić information content (AvgIpc) is 3.07. The number of aromatic nitrogens is 2. The van der Waals surface area contributed by atoms with Crippen LogP contribution in [-0.4, -0.2) is 53.1 Å². The Bertz CT molecular complexity index is 852. The number of aryl methyl sites for hydroxylation is 1. The third-order valence-corrected chi connectivity index (χ3v) is 6.43. The predicted molar refractivity (Wildman–Crippen MR) is 125 cm³/mol. The number of hydrogen-bond donors (Lipinski definition) is 2. The molecular formula is C22H30ClN5O2S. The van der Waals surface area contributed by atoms with Crippen molar-refractivity contribution < 1.29 is 9.59 Å². The maximum atomic E-state index is 12.3. The topological polar surface area (TPSA) is 87.2 Å². The van der Waals surface area contributed by atoms with Crippen molar-refractivity contribution in [3.05, 3.63) is 39.3 Å². The number of hydrogen-bond acceptors (Lipinski definition) is 6. The van der Waals surface area contributed by atoms with Crippen LogP contribution in [0.5, 0.6) is 0 Å². The Morgan fingerprint density at radius 2 is 1.90 bits per heavy atom. The zero-order valence-electron chi connectivity index (χ0n) is 17.7. The van der Waals surface area contributed by atoms with E-state index in [1.54, 1.807) is 24.3 Å². The van der Waals surface area contributed by atoms with Gasteiger partial charge in [0.05, 0.1) is 0 Å². The van der Waals surface area contributed by atoms with Crippen molar-refractivity contribution in [3.63, 3.8) is 0 Å². The molecule has 2 heterocycles. The molecule has 1 aromatic carbocycles. The number of amides is 2. The van der Waals surface area contributed by atoms with Crippen LogP contribution in [0.3, 0.4) is 0 Å². The van der Waals surface area contributed by atoms with E-state index < -0.39 is 0 Å². The van der Waals surface area contributed by atoms with Crippen LogP contribution in [0.15, 0.2) is 24.3 Å². The second-order valence-electron chi connectivity index (χ2n) is 7.78. The van der Waals surface area contributed by atoms with Gasteiger partial charge >= 0.3 is 0 Å². The molecule has 168 valence electrons. The summed E-state index contributed by atoms with van der Waals surface area (Å²) in [6, 6.07) is 6.95. The average molecular weight is 464 g/mol. The molecule has 0 saturated carbocycles. The van der Waals surface area contributed by atoms with E-state index in [-0.39, 0.29) is 11.8 Å². The Kier molecular flexibility index (Phi) is 9.71. The minimum absolute atomic E-state index is 0.0688. The van der Waals surface area contributed by atoms with Crippen molar-refractivity contribution in [3.8, 4) is 0 Å². The van der Waals surface area contributed by atoms with Crippen LogP contribution in [0.2, 0.25) is 5.02 Å². The molecule has 0 radical (unpaired) electrons. The van der Waals surface area contributed by atoms with Crippen molar-refractivity contribution in [2.45, 2.75) is 51.4 Å². The first-order valence-corrected chi connectivity index (χ1v) is 12.2. The van der Waals surface area contributed by atoms with Crippen molar-refractivity contribution in [1.29, 1.82) is 0 Å². The number of carbonyl (C=O) groups is 2. The lowest BCUT2D eigenvalue weighted by Crippen LogP contribution is -2.30. The highest BCUT2D eigenvalue weighted by molar-refractivity contribution is 7.13. The van der Waals surface area contributed by atoms with Crippen LogP contribution in [0.25, 0.3) is 0 Å². The summed E-state index contributed by atoms with van der Waals surface area (Å²) < 4.78 is 0. The molecule has 2 aromatic rings. The van der Waals surface area contributed by atoms with E-state index in [0.717, 1.165) is 24.5 Å². The first-order chi connectivity index (χ1) is 15.1. The Morgan fingerprint density at radius 3 is 2.68 bits per heavy atom. The molecule has 1 aliphatic heterocycles. The standard InChI is InChI=1S/C22H30ClN5O2S/c23-17-8-5-9-18(16-17)25-21(30)22-27-26-20(31-22)11-6-10-19(29)24-12-7-15-28-13-3-1-2-4-14-28/h5,8-9,16H,1-4,6-7,10-15H2,(H,24,29)(H,25,30). The van der Waals surface area contributed by atoms with E-state index in [2.05, 4.69) is 25.7 Å². The summed E-state index contributed by atoms with van der Waals surface area (Å²) in [5, 5.41) is 15.4. The van der Waals surface area contributed by atoms with Crippen molar-refractivity contribution in [2.24, 2.45) is 0 Å². The summed E-state index contributed by atoms with van der Waals surface area (Å²) >= 11 is 7.18. The molecule has 7 nitrogen and oxygen atoms in total. The number of anilines is 1. The van der Waals surface area contributed by atoms with Crippen molar-refractivity contribution in [2.75, 3.05) is 31.5 Å². The van der Waals surface area contributed by atoms with E-state index in [1.165, 1.54) is 50.1 Å². The summed E-state index contributed by atoms with van der Waals surface area (Å²) in [4.78, 5) is 26.8. The Labute approximate surface area is 192 Å². The lowest BCUT2D eigenvalue weighted by Gasteiger charge is -2.19. The van der Waals surface area contributed by atoms with Gasteiger partial charge < -0.3 is 15.5 Å². The molecule has 1 fully saturated rings. The Hall–Kier alpha value is -2.03. The van der Waals surface area contributed by atoms with Crippen molar-refractivity contribution in [1.82, 2.24) is 20.4 Å². The molecule has 1 saturated heterocycles. The second kappa shape index (κ2) is 12.7. The fourth-order valence-electron chi connectivity index (χ4n) is 3.58. The summed E-state index contributed by atoms with van der Waals surface area (Å²) in [6.45, 7) is 4.16. The maximum Gasteiger partial charge on any atom is 0.286 e. The van der Waals surface area contributed by atoms with Gasteiger partial charge in [-0.05, 0) is 63.5 Å². The summed E-state index contributed by atoms with van der Waals surface area (Å²) in [6.07, 6.45) is 8.03. The highest BCUT2D eigenvalue weighted by Crippen LogP contribution is 2.18. The molecule has 0 bridgehead atoms. The number of nitrogens with zero attached hydrogens (tertiary/aromatic N) is 3. The van der Waals surface area contributed by atoms with Crippen LogP contribution < -0.4 is 10.6 Å². The molecule has 2 N–H and O–H groups in total. The summed E-state index contributed by atoms with van der Waals surface area (Å²) in [5.74, 6) is -0.243. The van der Waals surface area contributed by atoms with E-state index in [1.807, 2.05) is 0 Å². The van der Waals surface area contributed by atoms with Gasteiger partial charge in [-0.15, -0.1) is 10.2 Å². The van der Waals surface area contributed by atoms with Gasteiger partial charge in [-0.2, -0.15) is 0 Å². The molecule has 0 spiro atoms. The molecule has 9 heteroatoms. The van der Waals surface area contributed by atoms with Crippen LogP contribution in [0, 0.1) is 0 Å². The van der Waals surface area contributed by atoms with E-state index in [4.69, 9.17) is 11.6 Å². The fraction of sp³-hybridized carbons (Fsp3) is 0.545. The van der Waals surface area contributed by atoms with Gasteiger partial charge in [0.15, 0.2) is 0 Å². The molecule has 2 amide bonds. The van der Waals surface area contributed by atoms with Gasteiger partial charge in [0, 0.05) is 30.1 Å². The van der Waals surface area contributed by atoms with Gasteiger partial charge in [-0.25, -0.2) is 0 Å². The largest absolute Gasteiger partial charge is 0.356 e. The predicted octanol–water partition coefficient (Wildman–Crippen LogP) is 4.15. The van der Waals surface area contributed by atoms with E-state index in [9.17, 15) is 9.59 Å². The smallest absolute Gasteiger partial charge is 0.286 e. The van der Waals surface area contributed by atoms with E-state index in [0.29, 0.717) is 35.0 Å². The highest BCUT2D eigenvalue weighted by atomic mass is 35.5. The minimum atomic E-state index is -0.312. The number of halogens is 1. The number of benzene rings is 1. The van der Waals surface area contributed by atoms with Gasteiger partial charge in [0.2, 0.25) is 10.9 Å². The molecular weight excluding hydrogens is 434 g/mol.